The van der Waals surface area contributed by atoms with Crippen LogP contribution in [0.25, 0.3) is 0 Å². The number of carbonyl (C=O) groups excluding carboxylic acids is 1. The van der Waals surface area contributed by atoms with Gasteiger partial charge in [-0.1, -0.05) is 12.1 Å². The van der Waals surface area contributed by atoms with Gasteiger partial charge in [0.15, 0.2) is 0 Å². The van der Waals surface area contributed by atoms with Gasteiger partial charge in [0.05, 0.1) is 0 Å². The number of hydrogen-bond acceptors (Lipinski definition) is 4. The maximum Gasteiger partial charge on any atom is 0.410 e. The fourth-order valence-electron chi connectivity index (χ4n) is 3.09. The highest BCUT2D eigenvalue weighted by molar-refractivity contribution is 5.68. The van der Waals surface area contributed by atoms with Gasteiger partial charge in [0.2, 0.25) is 0 Å². The summed E-state index contributed by atoms with van der Waals surface area (Å²) in [6.45, 7) is 7.39. The van der Waals surface area contributed by atoms with Crippen LogP contribution in [0.3, 0.4) is 0 Å². The largest absolute Gasteiger partial charge is 0.444 e. The van der Waals surface area contributed by atoms with Gasteiger partial charge in [-0.25, -0.2) is 4.79 Å². The van der Waals surface area contributed by atoms with E-state index in [9.17, 15) is 4.79 Å². The molecule has 5 heteroatoms. The highest BCUT2D eigenvalue weighted by Gasteiger charge is 2.25. The Balaban J connectivity index is 1.87. The van der Waals surface area contributed by atoms with E-state index < -0.39 is 5.60 Å². The van der Waals surface area contributed by atoms with E-state index in [-0.39, 0.29) is 12.7 Å². The van der Waals surface area contributed by atoms with Crippen LogP contribution in [-0.4, -0.2) is 47.4 Å². The first-order chi connectivity index (χ1) is 11.9. The van der Waals surface area contributed by atoms with Gasteiger partial charge in [-0.2, -0.15) is 0 Å². The highest BCUT2D eigenvalue weighted by atomic mass is 16.6. The predicted molar refractivity (Wildman–Crippen MR) is 101 cm³/mol. The number of aliphatic hydroxyl groups is 1. The van der Waals surface area contributed by atoms with Crippen molar-refractivity contribution in [3.63, 3.8) is 0 Å². The maximum atomic E-state index is 12.2. The zero-order chi connectivity index (χ0) is 18.3. The predicted octanol–water partition coefficient (Wildman–Crippen LogP) is 3.81. The van der Waals surface area contributed by atoms with E-state index in [1.165, 1.54) is 5.56 Å². The van der Waals surface area contributed by atoms with Crippen LogP contribution in [0.5, 0.6) is 0 Å². The number of nitrogens with one attached hydrogen (secondary N) is 1. The molecule has 1 atom stereocenters. The van der Waals surface area contributed by atoms with Crippen molar-refractivity contribution in [2.24, 2.45) is 0 Å². The van der Waals surface area contributed by atoms with Crippen molar-refractivity contribution in [2.75, 3.05) is 25.0 Å². The summed E-state index contributed by atoms with van der Waals surface area (Å²) < 4.78 is 5.49. The van der Waals surface area contributed by atoms with Crippen molar-refractivity contribution in [3.05, 3.63) is 29.8 Å². The van der Waals surface area contributed by atoms with Crippen LogP contribution in [0, 0.1) is 0 Å². The van der Waals surface area contributed by atoms with Crippen LogP contribution in [0.2, 0.25) is 0 Å². The summed E-state index contributed by atoms with van der Waals surface area (Å²) in [5.41, 5.74) is 1.91. The lowest BCUT2D eigenvalue weighted by atomic mass is 10.1. The second kappa shape index (κ2) is 9.09. The quantitative estimate of drug-likeness (QED) is 0.849. The van der Waals surface area contributed by atoms with E-state index >= 15 is 0 Å². The molecule has 1 aromatic carbocycles. The Morgan fingerprint density at radius 1 is 1.32 bits per heavy atom. The van der Waals surface area contributed by atoms with Crippen LogP contribution in [0.15, 0.2) is 24.3 Å². The van der Waals surface area contributed by atoms with Crippen molar-refractivity contribution in [2.45, 2.75) is 64.5 Å². The molecule has 0 radical (unpaired) electrons. The summed E-state index contributed by atoms with van der Waals surface area (Å²) >= 11 is 0. The van der Waals surface area contributed by atoms with E-state index in [1.807, 2.05) is 25.7 Å². The number of amides is 1. The minimum absolute atomic E-state index is 0.209. The zero-order valence-electron chi connectivity index (χ0n) is 15.8. The van der Waals surface area contributed by atoms with E-state index in [0.717, 1.165) is 50.9 Å². The molecule has 1 aromatic rings. The van der Waals surface area contributed by atoms with Gasteiger partial charge < -0.3 is 20.1 Å². The van der Waals surface area contributed by atoms with Gasteiger partial charge in [-0.3, -0.25) is 0 Å². The van der Waals surface area contributed by atoms with Crippen LogP contribution < -0.4 is 5.32 Å². The van der Waals surface area contributed by atoms with Crippen molar-refractivity contribution in [1.82, 2.24) is 4.90 Å². The molecular weight excluding hydrogens is 316 g/mol. The molecule has 2 N–H and O–H groups in total. The Morgan fingerprint density at radius 3 is 2.84 bits per heavy atom. The molecule has 1 aliphatic rings. The molecule has 1 unspecified atom stereocenters. The van der Waals surface area contributed by atoms with Crippen molar-refractivity contribution in [1.29, 1.82) is 0 Å². The molecule has 1 heterocycles. The molecule has 0 spiro atoms. The molecule has 140 valence electrons. The molecule has 1 aliphatic heterocycles. The molecule has 0 saturated carbocycles. The molecule has 0 aromatic heterocycles. The van der Waals surface area contributed by atoms with Gasteiger partial charge in [0, 0.05) is 31.4 Å². The molecule has 25 heavy (non-hydrogen) atoms. The lowest BCUT2D eigenvalue weighted by Gasteiger charge is -2.26. The fourth-order valence-corrected chi connectivity index (χ4v) is 3.09. The third kappa shape index (κ3) is 6.94. The first-order valence-corrected chi connectivity index (χ1v) is 9.31. The zero-order valence-corrected chi connectivity index (χ0v) is 15.8. The van der Waals surface area contributed by atoms with Gasteiger partial charge in [0.25, 0.3) is 0 Å². The summed E-state index contributed by atoms with van der Waals surface area (Å²) in [6, 6.07) is 8.75. The van der Waals surface area contributed by atoms with Crippen LogP contribution >= 0.6 is 0 Å². The normalized spacial score (nSPS) is 18.6. The standard InChI is InChI=1S/C20H32N2O3/c1-20(2,3)25-19(24)22-12-5-10-17(11-13-22)21-18-9-4-7-16(15-18)8-6-14-23/h4,7,9,15,17,21,23H,5-6,8,10-14H2,1-3H3. The molecule has 1 amide bonds. The number of likely N-dealkylation sites (tertiary alicyclic amines) is 1. The Bertz CT molecular complexity index is 554. The second-order valence-electron chi connectivity index (χ2n) is 7.77. The van der Waals surface area contributed by atoms with E-state index in [0.29, 0.717) is 6.04 Å². The Morgan fingerprint density at radius 2 is 2.12 bits per heavy atom. The minimum atomic E-state index is -0.448. The first-order valence-electron chi connectivity index (χ1n) is 9.31. The number of nitrogens with zero attached hydrogens (tertiary/aromatic N) is 1. The average Bonchev–Trinajstić information content (AvgIpc) is 2.77. The average molecular weight is 348 g/mol. The van der Waals surface area contributed by atoms with E-state index in [4.69, 9.17) is 9.84 Å². The van der Waals surface area contributed by atoms with Crippen LogP contribution in [0.1, 0.15) is 52.0 Å². The minimum Gasteiger partial charge on any atom is -0.444 e. The summed E-state index contributed by atoms with van der Waals surface area (Å²) in [7, 11) is 0. The monoisotopic (exact) mass is 348 g/mol. The van der Waals surface area contributed by atoms with Crippen LogP contribution in [0.4, 0.5) is 10.5 Å². The topological polar surface area (TPSA) is 61.8 Å². The van der Waals surface area contributed by atoms with Crippen molar-refractivity contribution < 1.29 is 14.6 Å². The summed E-state index contributed by atoms with van der Waals surface area (Å²) in [6.07, 6.45) is 4.40. The molecular formula is C20H32N2O3. The Kier molecular flexibility index (Phi) is 7.12. The SMILES string of the molecule is CC(C)(C)OC(=O)N1CCCC(Nc2cccc(CCCO)c2)CC1. The van der Waals surface area contributed by atoms with Gasteiger partial charge in [-0.05, 0) is 70.6 Å². The Labute approximate surface area is 151 Å². The number of hydrogen-bond donors (Lipinski definition) is 2. The molecule has 5 nitrogen and oxygen atoms in total. The third-order valence-corrected chi connectivity index (χ3v) is 4.30. The summed E-state index contributed by atoms with van der Waals surface area (Å²) in [5, 5.41) is 12.6. The first kappa shape index (κ1) is 19.6. The lowest BCUT2D eigenvalue weighted by molar-refractivity contribution is 0.0256. The van der Waals surface area contributed by atoms with Gasteiger partial charge in [0.1, 0.15) is 5.60 Å². The molecule has 0 aliphatic carbocycles. The maximum absolute atomic E-state index is 12.2. The van der Waals surface area contributed by atoms with E-state index in [2.05, 4.69) is 29.6 Å². The Hall–Kier alpha value is -1.75. The van der Waals surface area contributed by atoms with Crippen LogP contribution in [-0.2, 0) is 11.2 Å². The van der Waals surface area contributed by atoms with Crippen molar-refractivity contribution in [3.8, 4) is 0 Å². The lowest BCUT2D eigenvalue weighted by Crippen LogP contribution is -2.37. The number of aliphatic hydroxyl groups excluding tert-OH is 1. The number of aryl methyl sites for hydroxylation is 1. The second-order valence-corrected chi connectivity index (χ2v) is 7.77. The third-order valence-electron chi connectivity index (χ3n) is 4.30. The number of benzene rings is 1. The summed E-state index contributed by atoms with van der Waals surface area (Å²) in [4.78, 5) is 14.1. The highest BCUT2D eigenvalue weighted by Crippen LogP contribution is 2.20. The van der Waals surface area contributed by atoms with Gasteiger partial charge in [-0.15, -0.1) is 0 Å². The number of carbonyl (C=O) groups is 1. The number of rotatable bonds is 5. The number of ether oxygens (including phenoxy) is 1. The molecule has 0 bridgehead atoms. The summed E-state index contributed by atoms with van der Waals surface area (Å²) in [5.74, 6) is 0. The molecule has 2 rings (SSSR count). The fraction of sp³-hybridized carbons (Fsp3) is 0.650. The van der Waals surface area contributed by atoms with Crippen molar-refractivity contribution >= 4 is 11.8 Å². The number of anilines is 1. The molecule has 1 fully saturated rings. The van der Waals surface area contributed by atoms with Gasteiger partial charge >= 0.3 is 6.09 Å². The van der Waals surface area contributed by atoms with E-state index in [1.54, 1.807) is 0 Å². The smallest absolute Gasteiger partial charge is 0.410 e. The molecule has 1 saturated heterocycles.